The average Bonchev–Trinajstić information content (AvgIpc) is 3.06. The van der Waals surface area contributed by atoms with E-state index < -0.39 is 0 Å². The van der Waals surface area contributed by atoms with Crippen molar-refractivity contribution >= 4 is 0 Å². The molecule has 0 heterocycles. The zero-order valence-electron chi connectivity index (χ0n) is 22.6. The molecule has 0 radical (unpaired) electrons. The summed E-state index contributed by atoms with van der Waals surface area (Å²) < 4.78 is 0. The van der Waals surface area contributed by atoms with E-state index in [0.29, 0.717) is 16.7 Å². The van der Waals surface area contributed by atoms with Crippen LogP contribution in [0.4, 0.5) is 0 Å². The number of aliphatic hydroxyl groups is 1. The van der Waals surface area contributed by atoms with Crippen LogP contribution in [0, 0.1) is 34.0 Å². The van der Waals surface area contributed by atoms with E-state index >= 15 is 0 Å². The predicted molar refractivity (Wildman–Crippen MR) is 140 cm³/mol. The van der Waals surface area contributed by atoms with Crippen LogP contribution < -0.4 is 0 Å². The van der Waals surface area contributed by atoms with Crippen molar-refractivity contribution in [3.63, 3.8) is 0 Å². The fraction of sp³-hybridized carbons (Fsp3) is 0.806. The molecular formula is C31H52O. The largest absolute Gasteiger partial charge is 0.393 e. The SMILES string of the molecule is C/C=C(/CC/C=C(\C)CCC=C(C)C)[C@@H]1CC[C@@H]2[C@]1(C)CCC1C(C)(C)[C@@H](O)CC[C@@]12C. The van der Waals surface area contributed by atoms with Gasteiger partial charge < -0.3 is 5.11 Å². The summed E-state index contributed by atoms with van der Waals surface area (Å²) in [6.07, 6.45) is 19.6. The minimum absolute atomic E-state index is 0.0592. The number of aliphatic hydroxyl groups excluding tert-OH is 1. The van der Waals surface area contributed by atoms with Gasteiger partial charge in [0.15, 0.2) is 0 Å². The van der Waals surface area contributed by atoms with Crippen LogP contribution in [-0.4, -0.2) is 11.2 Å². The first kappa shape index (κ1) is 25.8. The zero-order chi connectivity index (χ0) is 23.7. The van der Waals surface area contributed by atoms with Crippen LogP contribution in [0.3, 0.4) is 0 Å². The molecule has 0 aromatic heterocycles. The molecule has 0 spiro atoms. The third-order valence-corrected chi connectivity index (χ3v) is 10.4. The standard InChI is InChI=1S/C31H52O/c1-9-24(15-11-14-23(4)13-10-12-22(2)3)25-16-17-27-30(25,7)20-18-26-29(5,6)28(32)19-21-31(26,27)8/h9,12,14,25-28,32H,10-11,13,15-21H2,1-8H3/b23-14+,24-9-/t25-,26?,27+,28-,30+,31-/m0/s1. The highest BCUT2D eigenvalue weighted by molar-refractivity contribution is 5.20. The number of hydrogen-bond donors (Lipinski definition) is 1. The molecule has 3 fully saturated rings. The van der Waals surface area contributed by atoms with Gasteiger partial charge in [-0.05, 0) is 126 Å². The molecule has 3 rings (SSSR count). The van der Waals surface area contributed by atoms with Crippen LogP contribution in [0.2, 0.25) is 0 Å². The quantitative estimate of drug-likeness (QED) is 0.391. The molecular weight excluding hydrogens is 388 g/mol. The highest BCUT2D eigenvalue weighted by Crippen LogP contribution is 2.70. The Bertz CT molecular complexity index is 748. The Balaban J connectivity index is 1.69. The van der Waals surface area contributed by atoms with E-state index in [1.807, 2.05) is 0 Å². The van der Waals surface area contributed by atoms with Crippen LogP contribution in [-0.2, 0) is 0 Å². The van der Waals surface area contributed by atoms with Crippen molar-refractivity contribution in [2.75, 3.05) is 0 Å². The van der Waals surface area contributed by atoms with E-state index in [2.05, 4.69) is 73.6 Å². The number of hydrogen-bond acceptors (Lipinski definition) is 1. The van der Waals surface area contributed by atoms with E-state index in [1.165, 1.54) is 63.4 Å². The van der Waals surface area contributed by atoms with Gasteiger partial charge in [0, 0.05) is 0 Å². The molecule has 3 aliphatic carbocycles. The molecule has 32 heavy (non-hydrogen) atoms. The Morgan fingerprint density at radius 1 is 0.812 bits per heavy atom. The van der Waals surface area contributed by atoms with Gasteiger partial charge in [-0.15, -0.1) is 0 Å². The van der Waals surface area contributed by atoms with Gasteiger partial charge in [0.2, 0.25) is 0 Å². The van der Waals surface area contributed by atoms with Crippen molar-refractivity contribution in [3.8, 4) is 0 Å². The van der Waals surface area contributed by atoms with E-state index in [0.717, 1.165) is 18.3 Å². The highest BCUT2D eigenvalue weighted by Gasteiger charge is 2.63. The van der Waals surface area contributed by atoms with Crippen molar-refractivity contribution in [1.29, 1.82) is 0 Å². The van der Waals surface area contributed by atoms with Crippen LogP contribution in [0.5, 0.6) is 0 Å². The average molecular weight is 441 g/mol. The smallest absolute Gasteiger partial charge is 0.0594 e. The fourth-order valence-electron chi connectivity index (χ4n) is 8.62. The van der Waals surface area contributed by atoms with Gasteiger partial charge in [-0.1, -0.05) is 62.6 Å². The Labute approximate surface area is 199 Å². The summed E-state index contributed by atoms with van der Waals surface area (Å²) in [5.74, 6) is 2.22. The summed E-state index contributed by atoms with van der Waals surface area (Å²) in [5.41, 5.74) is 5.59. The highest BCUT2D eigenvalue weighted by atomic mass is 16.3. The fourth-order valence-corrected chi connectivity index (χ4v) is 8.62. The Hall–Kier alpha value is -0.820. The second-order valence-electron chi connectivity index (χ2n) is 12.9. The molecule has 1 N–H and O–H groups in total. The molecule has 182 valence electrons. The van der Waals surface area contributed by atoms with Crippen molar-refractivity contribution in [1.82, 2.24) is 0 Å². The van der Waals surface area contributed by atoms with Gasteiger partial charge in [-0.3, -0.25) is 0 Å². The van der Waals surface area contributed by atoms with Crippen LogP contribution in [0.25, 0.3) is 0 Å². The zero-order valence-corrected chi connectivity index (χ0v) is 22.6. The minimum Gasteiger partial charge on any atom is -0.393 e. The summed E-state index contributed by atoms with van der Waals surface area (Å²) in [6, 6.07) is 0. The monoisotopic (exact) mass is 440 g/mol. The maximum absolute atomic E-state index is 10.8. The van der Waals surface area contributed by atoms with E-state index in [-0.39, 0.29) is 11.5 Å². The van der Waals surface area contributed by atoms with Crippen molar-refractivity contribution in [3.05, 3.63) is 34.9 Å². The first-order valence-electron chi connectivity index (χ1n) is 13.6. The Kier molecular flexibility index (Phi) is 7.91. The molecule has 3 saturated carbocycles. The molecule has 0 aromatic carbocycles. The summed E-state index contributed by atoms with van der Waals surface area (Å²) in [6.45, 7) is 18.9. The summed E-state index contributed by atoms with van der Waals surface area (Å²) in [5, 5.41) is 10.8. The van der Waals surface area contributed by atoms with E-state index in [9.17, 15) is 5.11 Å². The number of allylic oxidation sites excluding steroid dienone is 6. The van der Waals surface area contributed by atoms with Crippen molar-refractivity contribution < 1.29 is 5.11 Å². The van der Waals surface area contributed by atoms with Gasteiger partial charge >= 0.3 is 0 Å². The molecule has 1 heteroatoms. The molecule has 1 nitrogen and oxygen atoms in total. The van der Waals surface area contributed by atoms with Gasteiger partial charge in [-0.2, -0.15) is 0 Å². The molecule has 0 bridgehead atoms. The summed E-state index contributed by atoms with van der Waals surface area (Å²) >= 11 is 0. The van der Waals surface area contributed by atoms with Gasteiger partial charge in [0.25, 0.3) is 0 Å². The maximum Gasteiger partial charge on any atom is 0.0594 e. The predicted octanol–water partition coefficient (Wildman–Crippen LogP) is 9.04. The van der Waals surface area contributed by atoms with Crippen LogP contribution in [0.1, 0.15) is 120 Å². The number of rotatable bonds is 7. The first-order chi connectivity index (χ1) is 15.0. The third-order valence-electron chi connectivity index (χ3n) is 10.4. The molecule has 0 saturated heterocycles. The third kappa shape index (κ3) is 4.70. The van der Waals surface area contributed by atoms with Gasteiger partial charge in [0.1, 0.15) is 0 Å². The summed E-state index contributed by atoms with van der Waals surface area (Å²) in [7, 11) is 0. The molecule has 6 atom stereocenters. The van der Waals surface area contributed by atoms with E-state index in [4.69, 9.17) is 0 Å². The summed E-state index contributed by atoms with van der Waals surface area (Å²) in [4.78, 5) is 0. The van der Waals surface area contributed by atoms with Gasteiger partial charge in [0.05, 0.1) is 6.10 Å². The van der Waals surface area contributed by atoms with Crippen molar-refractivity contribution in [2.45, 2.75) is 126 Å². The lowest BCUT2D eigenvalue weighted by Crippen LogP contribution is -2.58. The Morgan fingerprint density at radius 3 is 2.12 bits per heavy atom. The van der Waals surface area contributed by atoms with Gasteiger partial charge in [-0.25, -0.2) is 0 Å². The molecule has 0 aromatic rings. The topological polar surface area (TPSA) is 20.2 Å². The molecule has 1 unspecified atom stereocenters. The second-order valence-corrected chi connectivity index (χ2v) is 12.9. The maximum atomic E-state index is 10.8. The van der Waals surface area contributed by atoms with Crippen LogP contribution >= 0.6 is 0 Å². The van der Waals surface area contributed by atoms with E-state index in [1.54, 1.807) is 11.1 Å². The second kappa shape index (κ2) is 9.81. The lowest BCUT2D eigenvalue weighted by atomic mass is 9.42. The molecule has 3 aliphatic rings. The van der Waals surface area contributed by atoms with Crippen LogP contribution in [0.15, 0.2) is 34.9 Å². The molecule has 0 aliphatic heterocycles. The lowest BCUT2D eigenvalue weighted by molar-refractivity contribution is -0.166. The lowest BCUT2D eigenvalue weighted by Gasteiger charge is -2.63. The molecule has 0 amide bonds. The number of fused-ring (bicyclic) bond motifs is 3. The Morgan fingerprint density at radius 2 is 1.47 bits per heavy atom. The minimum atomic E-state index is -0.125. The van der Waals surface area contributed by atoms with Crippen molar-refractivity contribution in [2.24, 2.45) is 34.0 Å². The first-order valence-corrected chi connectivity index (χ1v) is 13.6. The normalized spacial score (nSPS) is 39.4.